The first kappa shape index (κ1) is 17.8. The van der Waals surface area contributed by atoms with E-state index in [0.717, 1.165) is 5.69 Å². The molecule has 2 heterocycles. The van der Waals surface area contributed by atoms with Crippen molar-refractivity contribution in [1.29, 1.82) is 0 Å². The van der Waals surface area contributed by atoms with Gasteiger partial charge in [-0.1, -0.05) is 29.4 Å². The number of phenolic OH excluding ortho intramolecular Hbond substituents is 1. The number of anilines is 2. The average Bonchev–Trinajstić information content (AvgIpc) is 3.09. The summed E-state index contributed by atoms with van der Waals surface area (Å²) >= 11 is 0. The number of phenols is 1. The molecule has 1 aliphatic rings. The Morgan fingerprint density at radius 2 is 1.75 bits per heavy atom. The summed E-state index contributed by atoms with van der Waals surface area (Å²) in [5.41, 5.74) is 6.90. The van der Waals surface area contributed by atoms with Crippen LogP contribution in [0.2, 0.25) is 0 Å². The molecule has 3 aromatic rings. The molecule has 1 aromatic heterocycles. The summed E-state index contributed by atoms with van der Waals surface area (Å²) in [5, 5.41) is 13.8. The van der Waals surface area contributed by atoms with Crippen molar-refractivity contribution in [3.8, 4) is 17.0 Å². The van der Waals surface area contributed by atoms with E-state index in [4.69, 9.17) is 10.3 Å². The molecule has 1 aliphatic heterocycles. The third-order valence-corrected chi connectivity index (χ3v) is 4.85. The molecule has 1 amide bonds. The van der Waals surface area contributed by atoms with Crippen LogP contribution in [0.1, 0.15) is 10.4 Å². The molecular weight excluding hydrogens is 363 g/mol. The van der Waals surface area contributed by atoms with Crippen molar-refractivity contribution in [2.45, 2.75) is 0 Å². The maximum absolute atomic E-state index is 14.2. The number of piperazine rings is 1. The van der Waals surface area contributed by atoms with Crippen LogP contribution in [-0.4, -0.2) is 47.2 Å². The second-order valence-electron chi connectivity index (χ2n) is 6.52. The lowest BCUT2D eigenvalue weighted by Gasteiger charge is -2.36. The van der Waals surface area contributed by atoms with Crippen LogP contribution < -0.4 is 10.6 Å². The maximum atomic E-state index is 14.2. The molecule has 2 aromatic carbocycles. The molecule has 7 nitrogen and oxygen atoms in total. The van der Waals surface area contributed by atoms with Crippen molar-refractivity contribution in [2.24, 2.45) is 0 Å². The van der Waals surface area contributed by atoms with Gasteiger partial charge in [0, 0.05) is 31.7 Å². The number of carbonyl (C=O) groups excluding carboxylic acids is 1. The van der Waals surface area contributed by atoms with E-state index >= 15 is 0 Å². The topological polar surface area (TPSA) is 95.8 Å². The second-order valence-corrected chi connectivity index (χ2v) is 6.52. The first-order valence-electron chi connectivity index (χ1n) is 8.88. The average molecular weight is 382 g/mol. The Bertz CT molecular complexity index is 1010. The summed E-state index contributed by atoms with van der Waals surface area (Å²) in [7, 11) is 0. The number of hydrogen-bond donors (Lipinski definition) is 2. The van der Waals surface area contributed by atoms with Crippen LogP contribution in [-0.2, 0) is 0 Å². The summed E-state index contributed by atoms with van der Waals surface area (Å²) in [4.78, 5) is 16.7. The minimum atomic E-state index is -0.505. The lowest BCUT2D eigenvalue weighted by atomic mass is 10.1. The van der Waals surface area contributed by atoms with Crippen LogP contribution in [0.25, 0.3) is 11.3 Å². The summed E-state index contributed by atoms with van der Waals surface area (Å²) in [6.07, 6.45) is 0. The van der Waals surface area contributed by atoms with Crippen LogP contribution >= 0.6 is 0 Å². The highest BCUT2D eigenvalue weighted by atomic mass is 19.1. The minimum Gasteiger partial charge on any atom is -0.506 e. The van der Waals surface area contributed by atoms with Crippen molar-refractivity contribution in [1.82, 2.24) is 10.1 Å². The fraction of sp³-hybridized carbons (Fsp3) is 0.200. The number of benzene rings is 2. The minimum absolute atomic E-state index is 0.0705. The fourth-order valence-electron chi connectivity index (χ4n) is 3.39. The van der Waals surface area contributed by atoms with Crippen LogP contribution in [0.15, 0.2) is 53.1 Å². The van der Waals surface area contributed by atoms with E-state index < -0.39 is 5.82 Å². The van der Waals surface area contributed by atoms with E-state index in [1.807, 2.05) is 17.0 Å². The SMILES string of the molecule is Nc1onc(-c2ccccc2F)c1C(=O)N1CCN(c2ccccc2O)CC1. The highest BCUT2D eigenvalue weighted by Crippen LogP contribution is 2.31. The van der Waals surface area contributed by atoms with Crippen molar-refractivity contribution in [3.63, 3.8) is 0 Å². The zero-order valence-corrected chi connectivity index (χ0v) is 15.0. The fourth-order valence-corrected chi connectivity index (χ4v) is 3.39. The Kier molecular flexibility index (Phi) is 4.60. The molecule has 1 saturated heterocycles. The van der Waals surface area contributed by atoms with Gasteiger partial charge in [0.25, 0.3) is 5.91 Å². The number of nitrogens with zero attached hydrogens (tertiary/aromatic N) is 3. The smallest absolute Gasteiger partial charge is 0.261 e. The van der Waals surface area contributed by atoms with Crippen molar-refractivity contribution in [2.75, 3.05) is 36.8 Å². The molecule has 4 rings (SSSR count). The van der Waals surface area contributed by atoms with Crippen molar-refractivity contribution in [3.05, 3.63) is 59.9 Å². The van der Waals surface area contributed by atoms with Gasteiger partial charge < -0.3 is 25.2 Å². The maximum Gasteiger partial charge on any atom is 0.261 e. The zero-order chi connectivity index (χ0) is 19.7. The Hall–Kier alpha value is -3.55. The van der Waals surface area contributed by atoms with Gasteiger partial charge >= 0.3 is 0 Å². The molecular formula is C20H19FN4O3. The van der Waals surface area contributed by atoms with Crippen molar-refractivity contribution < 1.29 is 18.8 Å². The summed E-state index contributed by atoms with van der Waals surface area (Å²) in [6.45, 7) is 1.94. The molecule has 0 unspecified atom stereocenters. The summed E-state index contributed by atoms with van der Waals surface area (Å²) in [5.74, 6) is -0.790. The van der Waals surface area contributed by atoms with Crippen LogP contribution in [0.5, 0.6) is 5.75 Å². The predicted molar refractivity (Wildman–Crippen MR) is 103 cm³/mol. The number of rotatable bonds is 3. The van der Waals surface area contributed by atoms with E-state index in [9.17, 15) is 14.3 Å². The molecule has 0 saturated carbocycles. The third-order valence-electron chi connectivity index (χ3n) is 4.85. The molecule has 1 fully saturated rings. The quantitative estimate of drug-likeness (QED) is 0.723. The molecule has 8 heteroatoms. The van der Waals surface area contributed by atoms with E-state index in [2.05, 4.69) is 5.16 Å². The van der Waals surface area contributed by atoms with Gasteiger partial charge in [-0.3, -0.25) is 4.79 Å². The summed E-state index contributed by atoms with van der Waals surface area (Å²) in [6, 6.07) is 13.1. The van der Waals surface area contributed by atoms with Crippen LogP contribution in [0.4, 0.5) is 16.0 Å². The third kappa shape index (κ3) is 3.13. The first-order valence-corrected chi connectivity index (χ1v) is 8.88. The number of halogens is 1. The number of para-hydroxylation sites is 2. The molecule has 0 aliphatic carbocycles. The molecule has 3 N–H and O–H groups in total. The summed E-state index contributed by atoms with van der Waals surface area (Å²) < 4.78 is 19.2. The van der Waals surface area contributed by atoms with E-state index in [1.54, 1.807) is 29.2 Å². The monoisotopic (exact) mass is 382 g/mol. The van der Waals surface area contributed by atoms with E-state index in [0.29, 0.717) is 26.2 Å². The number of amides is 1. The molecule has 28 heavy (non-hydrogen) atoms. The zero-order valence-electron chi connectivity index (χ0n) is 15.0. The Morgan fingerprint density at radius 1 is 1.07 bits per heavy atom. The number of nitrogen functional groups attached to an aromatic ring is 1. The number of aromatic nitrogens is 1. The molecule has 0 spiro atoms. The lowest BCUT2D eigenvalue weighted by Crippen LogP contribution is -2.49. The second kappa shape index (κ2) is 7.22. The van der Waals surface area contributed by atoms with Gasteiger partial charge in [0.15, 0.2) is 0 Å². The Balaban J connectivity index is 1.55. The normalized spacial score (nSPS) is 14.3. The van der Waals surface area contributed by atoms with Gasteiger partial charge in [-0.2, -0.15) is 0 Å². The standard InChI is InChI=1S/C20H19FN4O3/c21-14-6-2-1-5-13(14)18-17(19(22)28-23-18)20(27)25-11-9-24(10-12-25)15-7-3-4-8-16(15)26/h1-8,26H,9-12,22H2. The number of carbonyl (C=O) groups is 1. The molecule has 0 bridgehead atoms. The first-order chi connectivity index (χ1) is 13.6. The number of hydrogen-bond acceptors (Lipinski definition) is 6. The molecule has 0 radical (unpaired) electrons. The number of aromatic hydroxyl groups is 1. The largest absolute Gasteiger partial charge is 0.506 e. The van der Waals surface area contributed by atoms with Gasteiger partial charge in [0.05, 0.1) is 5.69 Å². The Morgan fingerprint density at radius 3 is 2.46 bits per heavy atom. The van der Waals surface area contributed by atoms with Gasteiger partial charge in [-0.15, -0.1) is 0 Å². The van der Waals surface area contributed by atoms with E-state index in [-0.39, 0.29) is 34.4 Å². The molecule has 0 atom stereocenters. The van der Waals surface area contributed by atoms with Crippen LogP contribution in [0.3, 0.4) is 0 Å². The van der Waals surface area contributed by atoms with Crippen molar-refractivity contribution >= 4 is 17.5 Å². The van der Waals surface area contributed by atoms with Gasteiger partial charge in [-0.25, -0.2) is 4.39 Å². The highest BCUT2D eigenvalue weighted by molar-refractivity contribution is 6.03. The lowest BCUT2D eigenvalue weighted by molar-refractivity contribution is 0.0748. The Labute approximate surface area is 160 Å². The highest BCUT2D eigenvalue weighted by Gasteiger charge is 2.30. The van der Waals surface area contributed by atoms with Gasteiger partial charge in [0.1, 0.15) is 22.8 Å². The van der Waals surface area contributed by atoms with Crippen LogP contribution in [0, 0.1) is 5.82 Å². The predicted octanol–water partition coefficient (Wildman–Crippen LogP) is 2.73. The molecule has 144 valence electrons. The van der Waals surface area contributed by atoms with Gasteiger partial charge in [0.2, 0.25) is 5.88 Å². The van der Waals surface area contributed by atoms with Gasteiger partial charge in [-0.05, 0) is 24.3 Å². The van der Waals surface area contributed by atoms with E-state index in [1.165, 1.54) is 12.1 Å². The number of nitrogens with two attached hydrogens (primary N) is 1.